The van der Waals surface area contributed by atoms with E-state index in [1.165, 1.54) is 0 Å². The predicted molar refractivity (Wildman–Crippen MR) is 67.0 cm³/mol. The highest BCUT2D eigenvalue weighted by Gasteiger charge is 2.17. The van der Waals surface area contributed by atoms with Crippen molar-refractivity contribution < 1.29 is 9.90 Å². The van der Waals surface area contributed by atoms with Crippen molar-refractivity contribution in [1.29, 1.82) is 0 Å². The molecule has 0 atom stereocenters. The molecule has 0 aliphatic carbocycles. The second kappa shape index (κ2) is 4.22. The molecule has 0 saturated heterocycles. The zero-order valence-corrected chi connectivity index (χ0v) is 10.0. The highest BCUT2D eigenvalue weighted by atomic mass is 16.3. The van der Waals surface area contributed by atoms with Gasteiger partial charge in [0, 0.05) is 17.4 Å². The maximum atomic E-state index is 11.5. The van der Waals surface area contributed by atoms with E-state index in [1.54, 1.807) is 4.57 Å². The molecule has 1 aromatic carbocycles. The molecule has 2 rings (SSSR count). The van der Waals surface area contributed by atoms with Crippen molar-refractivity contribution in [2.45, 2.75) is 20.4 Å². The smallest absolute Gasteiger partial charge is 0.265 e. The van der Waals surface area contributed by atoms with E-state index in [0.29, 0.717) is 12.2 Å². The number of amides is 1. The quantitative estimate of drug-likeness (QED) is 0.838. The number of aromatic nitrogens is 1. The molecule has 2 aromatic rings. The molecule has 4 nitrogen and oxygen atoms in total. The normalized spacial score (nSPS) is 11.0. The molecule has 0 unspecified atom stereocenters. The fraction of sp³-hybridized carbons (Fsp3) is 0.308. The first-order valence-electron chi connectivity index (χ1n) is 5.56. The molecule has 0 spiro atoms. The molecular weight excluding hydrogens is 216 g/mol. The van der Waals surface area contributed by atoms with Gasteiger partial charge in [0.1, 0.15) is 5.69 Å². The van der Waals surface area contributed by atoms with Crippen LogP contribution < -0.4 is 5.73 Å². The molecule has 1 amide bonds. The first-order valence-corrected chi connectivity index (χ1v) is 5.56. The zero-order valence-electron chi connectivity index (χ0n) is 10.0. The number of rotatable bonds is 3. The molecule has 0 radical (unpaired) electrons. The van der Waals surface area contributed by atoms with Crippen molar-refractivity contribution in [2.24, 2.45) is 5.73 Å². The summed E-state index contributed by atoms with van der Waals surface area (Å²) in [6.45, 7) is 4.25. The van der Waals surface area contributed by atoms with Gasteiger partial charge in [0.05, 0.1) is 6.61 Å². The fourth-order valence-corrected chi connectivity index (χ4v) is 2.29. The Bertz CT molecular complexity index is 585. The van der Waals surface area contributed by atoms with Crippen LogP contribution in [0.15, 0.2) is 18.2 Å². The van der Waals surface area contributed by atoms with Crippen LogP contribution in [0.3, 0.4) is 0 Å². The summed E-state index contributed by atoms with van der Waals surface area (Å²) in [5.41, 5.74) is 8.85. The van der Waals surface area contributed by atoms with E-state index in [-0.39, 0.29) is 6.61 Å². The first-order chi connectivity index (χ1) is 8.06. The average Bonchev–Trinajstić information content (AvgIpc) is 2.53. The lowest BCUT2D eigenvalue weighted by atomic mass is 10.1. The van der Waals surface area contributed by atoms with Crippen molar-refractivity contribution in [1.82, 2.24) is 4.57 Å². The third-order valence-corrected chi connectivity index (χ3v) is 3.03. The summed E-state index contributed by atoms with van der Waals surface area (Å²) in [5.74, 6) is -0.454. The lowest BCUT2D eigenvalue weighted by Crippen LogP contribution is -2.19. The Morgan fingerprint density at radius 2 is 2.12 bits per heavy atom. The van der Waals surface area contributed by atoms with E-state index in [1.807, 2.05) is 32.0 Å². The van der Waals surface area contributed by atoms with Crippen LogP contribution >= 0.6 is 0 Å². The topological polar surface area (TPSA) is 68.2 Å². The Hall–Kier alpha value is -1.81. The van der Waals surface area contributed by atoms with Crippen LogP contribution in [-0.4, -0.2) is 22.2 Å². The number of nitrogens with zero attached hydrogens (tertiary/aromatic N) is 1. The zero-order chi connectivity index (χ0) is 12.6. The number of carbonyl (C=O) groups is 1. The summed E-state index contributed by atoms with van der Waals surface area (Å²) in [7, 11) is 0. The van der Waals surface area contributed by atoms with Crippen molar-refractivity contribution in [3.8, 4) is 0 Å². The maximum Gasteiger partial charge on any atom is 0.265 e. The number of hydrogen-bond donors (Lipinski definition) is 2. The Labute approximate surface area is 99.7 Å². The summed E-state index contributed by atoms with van der Waals surface area (Å²) < 4.78 is 1.78. The molecule has 3 N–H and O–H groups in total. The first kappa shape index (κ1) is 11.7. The Balaban J connectivity index is 2.82. The Morgan fingerprint density at radius 1 is 1.41 bits per heavy atom. The SMILES string of the molecule is Cc1ccc2c(c1)c(C)c(C(N)=O)n2CCO. The van der Waals surface area contributed by atoms with Crippen LogP contribution in [0, 0.1) is 13.8 Å². The summed E-state index contributed by atoms with van der Waals surface area (Å²) in [4.78, 5) is 11.5. The summed E-state index contributed by atoms with van der Waals surface area (Å²) >= 11 is 0. The number of carbonyl (C=O) groups excluding carboxylic acids is 1. The summed E-state index contributed by atoms with van der Waals surface area (Å²) in [5, 5.41) is 10.1. The van der Waals surface area contributed by atoms with Gasteiger partial charge in [-0.25, -0.2) is 0 Å². The van der Waals surface area contributed by atoms with Gasteiger partial charge in [0.15, 0.2) is 0 Å². The minimum atomic E-state index is -0.454. The van der Waals surface area contributed by atoms with E-state index >= 15 is 0 Å². The monoisotopic (exact) mass is 232 g/mol. The number of aryl methyl sites for hydroxylation is 2. The molecular formula is C13H16N2O2. The van der Waals surface area contributed by atoms with Gasteiger partial charge < -0.3 is 15.4 Å². The van der Waals surface area contributed by atoms with Crippen molar-refractivity contribution in [3.05, 3.63) is 35.0 Å². The largest absolute Gasteiger partial charge is 0.395 e. The number of fused-ring (bicyclic) bond motifs is 1. The molecule has 1 aromatic heterocycles. The molecule has 4 heteroatoms. The Kier molecular flexibility index (Phi) is 2.90. The van der Waals surface area contributed by atoms with Gasteiger partial charge in [0.2, 0.25) is 0 Å². The van der Waals surface area contributed by atoms with E-state index < -0.39 is 5.91 Å². The lowest BCUT2D eigenvalue weighted by Gasteiger charge is -2.06. The number of aliphatic hydroxyl groups excluding tert-OH is 1. The number of benzene rings is 1. The van der Waals surface area contributed by atoms with Gasteiger partial charge in [-0.2, -0.15) is 0 Å². The van der Waals surface area contributed by atoms with Gasteiger partial charge in [-0.05, 0) is 31.5 Å². The number of primary amides is 1. The minimum Gasteiger partial charge on any atom is -0.395 e. The third-order valence-electron chi connectivity index (χ3n) is 3.03. The second-order valence-corrected chi connectivity index (χ2v) is 4.23. The summed E-state index contributed by atoms with van der Waals surface area (Å²) in [6, 6.07) is 5.98. The molecule has 17 heavy (non-hydrogen) atoms. The minimum absolute atomic E-state index is 0.0165. The van der Waals surface area contributed by atoms with Crippen molar-refractivity contribution in [2.75, 3.05) is 6.61 Å². The van der Waals surface area contributed by atoms with Gasteiger partial charge in [-0.3, -0.25) is 4.79 Å². The van der Waals surface area contributed by atoms with E-state index in [9.17, 15) is 4.79 Å². The Morgan fingerprint density at radius 3 is 2.71 bits per heavy atom. The highest BCUT2D eigenvalue weighted by molar-refractivity contribution is 6.01. The third kappa shape index (κ3) is 1.80. The molecule has 0 aliphatic heterocycles. The maximum absolute atomic E-state index is 11.5. The van der Waals surface area contributed by atoms with Gasteiger partial charge in [-0.15, -0.1) is 0 Å². The highest BCUT2D eigenvalue weighted by Crippen LogP contribution is 2.26. The van der Waals surface area contributed by atoms with Crippen LogP contribution in [0.1, 0.15) is 21.6 Å². The standard InChI is InChI=1S/C13H16N2O2/c1-8-3-4-11-10(7-8)9(2)12(13(14)17)15(11)5-6-16/h3-4,7,16H,5-6H2,1-2H3,(H2,14,17). The fourth-order valence-electron chi connectivity index (χ4n) is 2.29. The second-order valence-electron chi connectivity index (χ2n) is 4.23. The lowest BCUT2D eigenvalue weighted by molar-refractivity contribution is 0.0990. The molecule has 0 saturated carbocycles. The van der Waals surface area contributed by atoms with Crippen molar-refractivity contribution in [3.63, 3.8) is 0 Å². The number of nitrogens with two attached hydrogens (primary N) is 1. The molecule has 1 heterocycles. The predicted octanol–water partition coefficient (Wildman–Crippen LogP) is 1.35. The average molecular weight is 232 g/mol. The number of aliphatic hydroxyl groups is 1. The van der Waals surface area contributed by atoms with Crippen LogP contribution in [0.4, 0.5) is 0 Å². The molecule has 0 bridgehead atoms. The van der Waals surface area contributed by atoms with Crippen LogP contribution in [0.25, 0.3) is 10.9 Å². The molecule has 90 valence electrons. The van der Waals surface area contributed by atoms with Crippen LogP contribution in [0.2, 0.25) is 0 Å². The van der Waals surface area contributed by atoms with Crippen LogP contribution in [-0.2, 0) is 6.54 Å². The van der Waals surface area contributed by atoms with Crippen LogP contribution in [0.5, 0.6) is 0 Å². The van der Waals surface area contributed by atoms with Crippen molar-refractivity contribution >= 4 is 16.8 Å². The van der Waals surface area contributed by atoms with E-state index in [2.05, 4.69) is 0 Å². The van der Waals surface area contributed by atoms with E-state index in [0.717, 1.165) is 22.0 Å². The molecule has 0 aliphatic rings. The van der Waals surface area contributed by atoms with E-state index in [4.69, 9.17) is 10.8 Å². The summed E-state index contributed by atoms with van der Waals surface area (Å²) in [6.07, 6.45) is 0. The van der Waals surface area contributed by atoms with Gasteiger partial charge >= 0.3 is 0 Å². The van der Waals surface area contributed by atoms with Gasteiger partial charge in [-0.1, -0.05) is 11.6 Å². The van der Waals surface area contributed by atoms with Gasteiger partial charge in [0.25, 0.3) is 5.91 Å². The molecule has 0 fully saturated rings. The number of hydrogen-bond acceptors (Lipinski definition) is 2.